The molecule has 1 aliphatic carbocycles. The minimum absolute atomic E-state index is 0.00785. The summed E-state index contributed by atoms with van der Waals surface area (Å²) in [5.74, 6) is 1.08. The molecule has 1 aliphatic rings. The highest BCUT2D eigenvalue weighted by Crippen LogP contribution is 2.38. The van der Waals surface area contributed by atoms with Crippen LogP contribution in [-0.4, -0.2) is 25.0 Å². The van der Waals surface area contributed by atoms with Crippen molar-refractivity contribution in [2.75, 3.05) is 13.1 Å². The summed E-state index contributed by atoms with van der Waals surface area (Å²) in [7, 11) is 0. The SMILES string of the molecule is CCNC(=O)NC[C@H]1C=C(C)[C@H](CC(=O)NCc2ccc(F)cc2)C[C@H]1C(C)C. The first kappa shape index (κ1) is 22.9. The first-order valence-corrected chi connectivity index (χ1v) is 10.5. The number of urea groups is 1. The zero-order valence-corrected chi connectivity index (χ0v) is 17.9. The van der Waals surface area contributed by atoms with E-state index in [0.29, 0.717) is 37.9 Å². The number of hydrogen-bond donors (Lipinski definition) is 3. The third kappa shape index (κ3) is 7.18. The van der Waals surface area contributed by atoms with E-state index in [0.717, 1.165) is 12.0 Å². The molecule has 0 aliphatic heterocycles. The molecule has 2 rings (SSSR count). The minimum Gasteiger partial charge on any atom is -0.352 e. The van der Waals surface area contributed by atoms with E-state index in [9.17, 15) is 14.0 Å². The summed E-state index contributed by atoms with van der Waals surface area (Å²) in [6, 6.07) is 6.03. The monoisotopic (exact) mass is 403 g/mol. The van der Waals surface area contributed by atoms with Crippen molar-refractivity contribution >= 4 is 11.9 Å². The molecule has 3 N–H and O–H groups in total. The van der Waals surface area contributed by atoms with Gasteiger partial charge in [-0.15, -0.1) is 0 Å². The fraction of sp³-hybridized carbons (Fsp3) is 0.565. The Bertz CT molecular complexity index is 715. The van der Waals surface area contributed by atoms with Crippen LogP contribution in [0, 0.1) is 29.5 Å². The van der Waals surface area contributed by atoms with Gasteiger partial charge in [-0.3, -0.25) is 4.79 Å². The van der Waals surface area contributed by atoms with Gasteiger partial charge in [0, 0.05) is 26.1 Å². The maximum Gasteiger partial charge on any atom is 0.314 e. The largest absolute Gasteiger partial charge is 0.352 e. The molecule has 3 atom stereocenters. The molecule has 0 aromatic heterocycles. The van der Waals surface area contributed by atoms with E-state index in [-0.39, 0.29) is 29.6 Å². The van der Waals surface area contributed by atoms with Gasteiger partial charge in [-0.1, -0.05) is 37.6 Å². The second kappa shape index (κ2) is 11.0. The number of allylic oxidation sites excluding steroid dienone is 1. The average molecular weight is 404 g/mol. The number of halogens is 1. The van der Waals surface area contributed by atoms with E-state index in [1.165, 1.54) is 17.7 Å². The van der Waals surface area contributed by atoms with Crippen LogP contribution in [-0.2, 0) is 11.3 Å². The predicted octanol–water partition coefficient (Wildman–Crippen LogP) is 4.01. The highest BCUT2D eigenvalue weighted by Gasteiger charge is 2.32. The zero-order chi connectivity index (χ0) is 21.4. The lowest BCUT2D eigenvalue weighted by Crippen LogP contribution is -2.41. The fourth-order valence-corrected chi connectivity index (χ4v) is 4.04. The van der Waals surface area contributed by atoms with Gasteiger partial charge >= 0.3 is 6.03 Å². The molecule has 0 spiro atoms. The number of carbonyl (C=O) groups is 2. The van der Waals surface area contributed by atoms with Crippen molar-refractivity contribution in [3.8, 4) is 0 Å². The van der Waals surface area contributed by atoms with Crippen LogP contribution in [0.15, 0.2) is 35.9 Å². The number of rotatable bonds is 8. The number of nitrogens with one attached hydrogen (secondary N) is 3. The summed E-state index contributed by atoms with van der Waals surface area (Å²) in [5, 5.41) is 8.66. The van der Waals surface area contributed by atoms with Gasteiger partial charge in [-0.25, -0.2) is 9.18 Å². The van der Waals surface area contributed by atoms with Crippen LogP contribution < -0.4 is 16.0 Å². The average Bonchev–Trinajstić information content (AvgIpc) is 2.67. The van der Waals surface area contributed by atoms with Gasteiger partial charge in [0.25, 0.3) is 0 Å². The van der Waals surface area contributed by atoms with Crippen LogP contribution >= 0.6 is 0 Å². The molecule has 3 amide bonds. The summed E-state index contributed by atoms with van der Waals surface area (Å²) >= 11 is 0. The molecule has 0 saturated carbocycles. The summed E-state index contributed by atoms with van der Waals surface area (Å²) in [5.41, 5.74) is 2.09. The number of carbonyl (C=O) groups excluding carboxylic acids is 2. The van der Waals surface area contributed by atoms with Crippen molar-refractivity contribution < 1.29 is 14.0 Å². The molecule has 0 fully saturated rings. The first-order chi connectivity index (χ1) is 13.8. The van der Waals surface area contributed by atoms with E-state index < -0.39 is 0 Å². The highest BCUT2D eigenvalue weighted by atomic mass is 19.1. The second-order valence-corrected chi connectivity index (χ2v) is 8.26. The Morgan fingerprint density at radius 2 is 1.83 bits per heavy atom. The number of hydrogen-bond acceptors (Lipinski definition) is 2. The Labute approximate surface area is 173 Å². The standard InChI is InChI=1S/C23H34FN3O2/c1-5-25-23(29)27-14-19-10-16(4)18(11-21(19)15(2)3)12-22(28)26-13-17-6-8-20(24)9-7-17/h6-10,15,18-19,21H,5,11-14H2,1-4H3,(H,26,28)(H2,25,27,29)/t18-,19+,21-/m0/s1. The zero-order valence-electron chi connectivity index (χ0n) is 17.9. The molecular weight excluding hydrogens is 369 g/mol. The molecule has 0 radical (unpaired) electrons. The summed E-state index contributed by atoms with van der Waals surface area (Å²) in [6.45, 7) is 9.99. The van der Waals surface area contributed by atoms with Crippen LogP contribution in [0.3, 0.4) is 0 Å². The van der Waals surface area contributed by atoms with Crippen LogP contribution in [0.5, 0.6) is 0 Å². The molecule has 0 saturated heterocycles. The van der Waals surface area contributed by atoms with Crippen LogP contribution in [0.4, 0.5) is 9.18 Å². The Hall–Kier alpha value is -2.37. The number of amides is 3. The molecule has 5 nitrogen and oxygen atoms in total. The second-order valence-electron chi connectivity index (χ2n) is 8.26. The van der Waals surface area contributed by atoms with Crippen molar-refractivity contribution in [1.82, 2.24) is 16.0 Å². The molecule has 6 heteroatoms. The molecule has 29 heavy (non-hydrogen) atoms. The smallest absolute Gasteiger partial charge is 0.314 e. The molecule has 1 aromatic carbocycles. The van der Waals surface area contributed by atoms with Gasteiger partial charge in [-0.05, 0) is 61.6 Å². The van der Waals surface area contributed by atoms with Crippen LogP contribution in [0.25, 0.3) is 0 Å². The molecule has 0 unspecified atom stereocenters. The van der Waals surface area contributed by atoms with E-state index in [1.807, 2.05) is 6.92 Å². The normalized spacial score (nSPS) is 21.4. The van der Waals surface area contributed by atoms with Gasteiger partial charge in [-0.2, -0.15) is 0 Å². The predicted molar refractivity (Wildman–Crippen MR) is 114 cm³/mol. The van der Waals surface area contributed by atoms with E-state index in [4.69, 9.17) is 0 Å². The Morgan fingerprint density at radius 1 is 1.14 bits per heavy atom. The van der Waals surface area contributed by atoms with Gasteiger partial charge in [0.05, 0.1) is 0 Å². The maximum atomic E-state index is 13.0. The number of benzene rings is 1. The van der Waals surface area contributed by atoms with Gasteiger partial charge in [0.15, 0.2) is 0 Å². The van der Waals surface area contributed by atoms with Gasteiger partial charge < -0.3 is 16.0 Å². The summed E-state index contributed by atoms with van der Waals surface area (Å²) in [4.78, 5) is 24.2. The molecule has 0 bridgehead atoms. The molecule has 0 heterocycles. The Kier molecular flexibility index (Phi) is 8.68. The summed E-state index contributed by atoms with van der Waals surface area (Å²) in [6.07, 6.45) is 3.62. The third-order valence-corrected chi connectivity index (χ3v) is 5.75. The molecular formula is C23H34FN3O2. The van der Waals surface area contributed by atoms with E-state index in [1.54, 1.807) is 12.1 Å². The minimum atomic E-state index is -0.279. The van der Waals surface area contributed by atoms with Crippen molar-refractivity contribution in [2.24, 2.45) is 23.7 Å². The Balaban J connectivity index is 1.93. The lowest BCUT2D eigenvalue weighted by Gasteiger charge is -2.37. The van der Waals surface area contributed by atoms with Crippen molar-refractivity contribution in [3.05, 3.63) is 47.3 Å². The van der Waals surface area contributed by atoms with Gasteiger partial charge in [0.1, 0.15) is 5.82 Å². The Morgan fingerprint density at radius 3 is 2.45 bits per heavy atom. The lowest BCUT2D eigenvalue weighted by atomic mass is 9.70. The van der Waals surface area contributed by atoms with Crippen molar-refractivity contribution in [2.45, 2.75) is 47.1 Å². The lowest BCUT2D eigenvalue weighted by molar-refractivity contribution is -0.122. The highest BCUT2D eigenvalue weighted by molar-refractivity contribution is 5.76. The first-order valence-electron chi connectivity index (χ1n) is 10.5. The van der Waals surface area contributed by atoms with Crippen molar-refractivity contribution in [3.63, 3.8) is 0 Å². The topological polar surface area (TPSA) is 70.2 Å². The van der Waals surface area contributed by atoms with E-state index in [2.05, 4.69) is 42.8 Å². The molecule has 1 aromatic rings. The summed E-state index contributed by atoms with van der Waals surface area (Å²) < 4.78 is 13.0. The quantitative estimate of drug-likeness (QED) is 0.574. The van der Waals surface area contributed by atoms with Crippen LogP contribution in [0.2, 0.25) is 0 Å². The fourth-order valence-electron chi connectivity index (χ4n) is 4.04. The molecule has 160 valence electrons. The third-order valence-electron chi connectivity index (χ3n) is 5.75. The van der Waals surface area contributed by atoms with E-state index >= 15 is 0 Å². The van der Waals surface area contributed by atoms with Gasteiger partial charge in [0.2, 0.25) is 5.91 Å². The van der Waals surface area contributed by atoms with Crippen LogP contribution in [0.1, 0.15) is 46.1 Å². The van der Waals surface area contributed by atoms with Crippen molar-refractivity contribution in [1.29, 1.82) is 0 Å². The maximum absolute atomic E-state index is 13.0.